The van der Waals surface area contributed by atoms with Crippen molar-refractivity contribution in [1.29, 1.82) is 0 Å². The number of methoxy groups -OCH3 is 1. The lowest BCUT2D eigenvalue weighted by Crippen LogP contribution is -2.42. The van der Waals surface area contributed by atoms with E-state index in [9.17, 15) is 4.79 Å². The van der Waals surface area contributed by atoms with Crippen LogP contribution in [0.25, 0.3) is 0 Å². The van der Waals surface area contributed by atoms with Crippen LogP contribution < -0.4 is 5.32 Å². The lowest BCUT2D eigenvalue weighted by molar-refractivity contribution is 0.156. The fourth-order valence-electron chi connectivity index (χ4n) is 1.41. The number of rotatable bonds is 4. The molecule has 0 aliphatic carbocycles. The molecule has 78 valence electrons. The third-order valence-corrected chi connectivity index (χ3v) is 2.45. The van der Waals surface area contributed by atoms with Crippen LogP contribution in [0.3, 0.4) is 0 Å². The molecule has 0 radical (unpaired) electrons. The van der Waals surface area contributed by atoms with Gasteiger partial charge in [0.15, 0.2) is 0 Å². The predicted molar refractivity (Wildman–Crippen MR) is 53.6 cm³/mol. The van der Waals surface area contributed by atoms with Crippen LogP contribution in [0.5, 0.6) is 0 Å². The Labute approximate surface area is 80.8 Å². The molecule has 0 aromatic rings. The number of carbonyl (C=O) groups is 1. The van der Waals surface area contributed by atoms with E-state index in [1.54, 1.807) is 0 Å². The highest BCUT2D eigenvalue weighted by Crippen LogP contribution is 2.15. The van der Waals surface area contributed by atoms with E-state index in [0.717, 1.165) is 6.42 Å². The van der Waals surface area contributed by atoms with Gasteiger partial charge in [0.2, 0.25) is 0 Å². The number of ether oxygens (including phenoxy) is 1. The first kappa shape index (κ1) is 12.3. The molecule has 2 atom stereocenters. The molecule has 1 N–H and O–H groups in total. The largest absolute Gasteiger partial charge is 0.453 e. The van der Waals surface area contributed by atoms with Crippen molar-refractivity contribution in [2.24, 2.45) is 11.8 Å². The molecule has 0 unspecified atom stereocenters. The summed E-state index contributed by atoms with van der Waals surface area (Å²) in [7, 11) is 1.39. The molecule has 0 aliphatic rings. The Morgan fingerprint density at radius 3 is 2.23 bits per heavy atom. The average molecular weight is 187 g/mol. The van der Waals surface area contributed by atoms with Crippen molar-refractivity contribution in [3.05, 3.63) is 0 Å². The second kappa shape index (κ2) is 5.84. The summed E-state index contributed by atoms with van der Waals surface area (Å²) in [6.45, 7) is 8.47. The van der Waals surface area contributed by atoms with Gasteiger partial charge in [-0.25, -0.2) is 4.79 Å². The molecular weight excluding hydrogens is 166 g/mol. The minimum absolute atomic E-state index is 0.206. The smallest absolute Gasteiger partial charge is 0.407 e. The van der Waals surface area contributed by atoms with Crippen LogP contribution in [0, 0.1) is 11.8 Å². The third kappa shape index (κ3) is 4.15. The van der Waals surface area contributed by atoms with Gasteiger partial charge in [-0.1, -0.05) is 34.1 Å². The average Bonchev–Trinajstić information content (AvgIpc) is 2.11. The number of hydrogen-bond acceptors (Lipinski definition) is 2. The zero-order valence-corrected chi connectivity index (χ0v) is 9.26. The van der Waals surface area contributed by atoms with Gasteiger partial charge in [0.1, 0.15) is 0 Å². The minimum atomic E-state index is -0.334. The summed E-state index contributed by atoms with van der Waals surface area (Å²) in [6.07, 6.45) is 0.728. The van der Waals surface area contributed by atoms with Crippen molar-refractivity contribution in [2.75, 3.05) is 7.11 Å². The maximum absolute atomic E-state index is 11.0. The molecule has 0 rings (SSSR count). The summed E-state index contributed by atoms with van der Waals surface area (Å²) < 4.78 is 4.58. The Bertz CT molecular complexity index is 157. The van der Waals surface area contributed by atoms with Crippen molar-refractivity contribution in [2.45, 2.75) is 40.2 Å². The Morgan fingerprint density at radius 2 is 1.92 bits per heavy atom. The number of hydrogen-bond donors (Lipinski definition) is 1. The number of carbonyl (C=O) groups excluding carboxylic acids is 1. The number of nitrogens with one attached hydrogen (secondary N) is 1. The maximum atomic E-state index is 11.0. The molecular formula is C10H21NO2. The van der Waals surface area contributed by atoms with Gasteiger partial charge in [-0.15, -0.1) is 0 Å². The zero-order valence-electron chi connectivity index (χ0n) is 9.26. The molecule has 0 fully saturated rings. The van der Waals surface area contributed by atoms with E-state index >= 15 is 0 Å². The van der Waals surface area contributed by atoms with Crippen LogP contribution in [0.15, 0.2) is 0 Å². The molecule has 0 aromatic heterocycles. The van der Waals surface area contributed by atoms with Gasteiger partial charge in [0, 0.05) is 6.04 Å². The molecule has 13 heavy (non-hydrogen) atoms. The molecule has 3 heteroatoms. The fourth-order valence-corrected chi connectivity index (χ4v) is 1.41. The lowest BCUT2D eigenvalue weighted by atomic mass is 9.90. The van der Waals surface area contributed by atoms with Crippen molar-refractivity contribution in [3.63, 3.8) is 0 Å². The Hall–Kier alpha value is -0.730. The molecule has 0 saturated carbocycles. The predicted octanol–water partition coefficient (Wildman–Crippen LogP) is 2.41. The summed E-state index contributed by atoms with van der Waals surface area (Å²) in [5, 5.41) is 2.86. The number of amides is 1. The van der Waals surface area contributed by atoms with Gasteiger partial charge < -0.3 is 10.1 Å². The van der Waals surface area contributed by atoms with Gasteiger partial charge in [-0.2, -0.15) is 0 Å². The van der Waals surface area contributed by atoms with E-state index in [1.807, 2.05) is 0 Å². The van der Waals surface area contributed by atoms with Crippen molar-refractivity contribution in [3.8, 4) is 0 Å². The van der Waals surface area contributed by atoms with Gasteiger partial charge in [0.25, 0.3) is 0 Å². The van der Waals surface area contributed by atoms with E-state index in [-0.39, 0.29) is 12.1 Å². The first-order valence-electron chi connectivity index (χ1n) is 4.87. The van der Waals surface area contributed by atoms with E-state index < -0.39 is 0 Å². The Kier molecular flexibility index (Phi) is 5.51. The summed E-state index contributed by atoms with van der Waals surface area (Å²) in [6, 6.07) is 0.206. The number of alkyl carbamates (subject to hydrolysis) is 1. The molecule has 3 nitrogen and oxygen atoms in total. The first-order chi connectivity index (χ1) is 6.02. The van der Waals surface area contributed by atoms with Crippen LogP contribution in [0.4, 0.5) is 4.79 Å². The summed E-state index contributed by atoms with van der Waals surface area (Å²) >= 11 is 0. The lowest BCUT2D eigenvalue weighted by Gasteiger charge is -2.26. The zero-order chi connectivity index (χ0) is 10.4. The highest BCUT2D eigenvalue weighted by Gasteiger charge is 2.21. The van der Waals surface area contributed by atoms with E-state index in [0.29, 0.717) is 11.8 Å². The highest BCUT2D eigenvalue weighted by atomic mass is 16.5. The molecule has 0 bridgehead atoms. The van der Waals surface area contributed by atoms with Crippen LogP contribution in [0.1, 0.15) is 34.1 Å². The minimum Gasteiger partial charge on any atom is -0.453 e. The summed E-state index contributed by atoms with van der Waals surface area (Å²) in [5.41, 5.74) is 0. The van der Waals surface area contributed by atoms with E-state index in [1.165, 1.54) is 7.11 Å². The SMILES string of the molecule is CC[C@H](C)[C@H](NC(=O)OC)C(C)C. The Balaban J connectivity index is 4.17. The van der Waals surface area contributed by atoms with Crippen LogP contribution in [-0.2, 0) is 4.74 Å². The summed E-state index contributed by atoms with van der Waals surface area (Å²) in [4.78, 5) is 11.0. The monoisotopic (exact) mass is 187 g/mol. The normalized spacial score (nSPS) is 15.2. The van der Waals surface area contributed by atoms with Crippen LogP contribution >= 0.6 is 0 Å². The van der Waals surface area contributed by atoms with E-state index in [2.05, 4.69) is 37.7 Å². The standard InChI is InChI=1S/C10H21NO2/c1-6-8(4)9(7(2)3)11-10(12)13-5/h7-9H,6H2,1-5H3,(H,11,12)/t8-,9+/m0/s1. The maximum Gasteiger partial charge on any atom is 0.407 e. The molecule has 0 saturated heterocycles. The van der Waals surface area contributed by atoms with Crippen molar-refractivity contribution < 1.29 is 9.53 Å². The molecule has 0 spiro atoms. The van der Waals surface area contributed by atoms with Gasteiger partial charge in [-0.05, 0) is 11.8 Å². The fraction of sp³-hybridized carbons (Fsp3) is 0.900. The second-order valence-corrected chi connectivity index (χ2v) is 3.79. The molecule has 0 aliphatic heterocycles. The third-order valence-electron chi connectivity index (χ3n) is 2.45. The topological polar surface area (TPSA) is 38.3 Å². The van der Waals surface area contributed by atoms with E-state index in [4.69, 9.17) is 0 Å². The summed E-state index contributed by atoms with van der Waals surface area (Å²) in [5.74, 6) is 0.924. The second-order valence-electron chi connectivity index (χ2n) is 3.79. The molecule has 0 aromatic carbocycles. The van der Waals surface area contributed by atoms with Crippen molar-refractivity contribution >= 4 is 6.09 Å². The Morgan fingerprint density at radius 1 is 1.38 bits per heavy atom. The van der Waals surface area contributed by atoms with Gasteiger partial charge in [-0.3, -0.25) is 0 Å². The highest BCUT2D eigenvalue weighted by molar-refractivity contribution is 5.67. The quantitative estimate of drug-likeness (QED) is 0.734. The first-order valence-corrected chi connectivity index (χ1v) is 4.87. The van der Waals surface area contributed by atoms with Crippen LogP contribution in [0.2, 0.25) is 0 Å². The van der Waals surface area contributed by atoms with Gasteiger partial charge in [0.05, 0.1) is 7.11 Å². The molecule has 0 heterocycles. The molecule has 1 amide bonds. The van der Waals surface area contributed by atoms with Crippen molar-refractivity contribution in [1.82, 2.24) is 5.32 Å². The van der Waals surface area contributed by atoms with Crippen LogP contribution in [-0.4, -0.2) is 19.2 Å². The van der Waals surface area contributed by atoms with Gasteiger partial charge >= 0.3 is 6.09 Å².